The Kier molecular flexibility index (Phi) is 8.21. The van der Waals surface area contributed by atoms with Gasteiger partial charge in [0.1, 0.15) is 5.78 Å². The summed E-state index contributed by atoms with van der Waals surface area (Å²) in [6, 6.07) is 0. The third-order valence-electron chi connectivity index (χ3n) is 2.04. The second-order valence-electron chi connectivity index (χ2n) is 3.22. The maximum absolute atomic E-state index is 10.6. The van der Waals surface area contributed by atoms with Gasteiger partial charge in [0.2, 0.25) is 0 Å². The maximum Gasteiger partial charge on any atom is 0.129 e. The maximum atomic E-state index is 10.6. The summed E-state index contributed by atoms with van der Waals surface area (Å²) in [6.45, 7) is 3.75. The fourth-order valence-corrected chi connectivity index (χ4v) is 1.80. The monoisotopic (exact) mass is 200 g/mol. The molecule has 0 unspecified atom stereocenters. The van der Waals surface area contributed by atoms with Gasteiger partial charge in [0, 0.05) is 6.42 Å². The van der Waals surface area contributed by atoms with Gasteiger partial charge >= 0.3 is 0 Å². The first kappa shape index (κ1) is 12.8. The fraction of sp³-hybridized carbons (Fsp3) is 0.727. The van der Waals surface area contributed by atoms with E-state index >= 15 is 0 Å². The van der Waals surface area contributed by atoms with Gasteiger partial charge in [-0.25, -0.2) is 0 Å². The molecule has 76 valence electrons. The van der Waals surface area contributed by atoms with Crippen LogP contribution >= 0.6 is 11.8 Å². The van der Waals surface area contributed by atoms with Gasteiger partial charge in [0.15, 0.2) is 0 Å². The SMILES string of the molecule is C/C=C(/CCCCCC(C)=O)SC. The van der Waals surface area contributed by atoms with Crippen molar-refractivity contribution in [3.8, 4) is 0 Å². The van der Waals surface area contributed by atoms with Crippen molar-refractivity contribution >= 4 is 17.5 Å². The highest BCUT2D eigenvalue weighted by Crippen LogP contribution is 2.19. The van der Waals surface area contributed by atoms with Crippen molar-refractivity contribution in [3.63, 3.8) is 0 Å². The summed E-state index contributed by atoms with van der Waals surface area (Å²) in [4.78, 5) is 12.1. The Hall–Kier alpha value is -0.240. The van der Waals surface area contributed by atoms with Crippen molar-refractivity contribution in [1.29, 1.82) is 0 Å². The van der Waals surface area contributed by atoms with Crippen molar-refractivity contribution in [3.05, 3.63) is 11.0 Å². The smallest absolute Gasteiger partial charge is 0.129 e. The molecule has 0 aromatic rings. The van der Waals surface area contributed by atoms with Gasteiger partial charge in [-0.05, 0) is 44.3 Å². The number of carbonyl (C=O) groups excluding carboxylic acids is 1. The zero-order valence-electron chi connectivity index (χ0n) is 8.93. The van der Waals surface area contributed by atoms with Gasteiger partial charge in [0.25, 0.3) is 0 Å². The first-order chi connectivity index (χ1) is 6.20. The van der Waals surface area contributed by atoms with E-state index in [0.717, 1.165) is 12.8 Å². The molecule has 0 amide bonds. The Bertz CT molecular complexity index is 173. The summed E-state index contributed by atoms with van der Waals surface area (Å²) in [6.07, 6.45) is 9.67. The lowest BCUT2D eigenvalue weighted by Crippen LogP contribution is -1.89. The molecule has 0 aromatic heterocycles. The van der Waals surface area contributed by atoms with E-state index in [0.29, 0.717) is 5.78 Å². The molecule has 13 heavy (non-hydrogen) atoms. The molecule has 0 rings (SSSR count). The number of rotatable bonds is 7. The lowest BCUT2D eigenvalue weighted by Gasteiger charge is -2.02. The quantitative estimate of drug-likeness (QED) is 0.582. The lowest BCUT2D eigenvalue weighted by molar-refractivity contribution is -0.117. The van der Waals surface area contributed by atoms with Crippen LogP contribution in [0, 0.1) is 0 Å². The van der Waals surface area contributed by atoms with Crippen LogP contribution in [0.5, 0.6) is 0 Å². The van der Waals surface area contributed by atoms with E-state index in [9.17, 15) is 4.79 Å². The van der Waals surface area contributed by atoms with Crippen molar-refractivity contribution in [2.75, 3.05) is 6.26 Å². The summed E-state index contributed by atoms with van der Waals surface area (Å²) in [5, 5.41) is 0. The zero-order valence-corrected chi connectivity index (χ0v) is 9.75. The van der Waals surface area contributed by atoms with E-state index in [-0.39, 0.29) is 0 Å². The van der Waals surface area contributed by atoms with Gasteiger partial charge in [-0.15, -0.1) is 11.8 Å². The average molecular weight is 200 g/mol. The highest BCUT2D eigenvalue weighted by atomic mass is 32.2. The van der Waals surface area contributed by atoms with Gasteiger partial charge in [-0.2, -0.15) is 0 Å². The van der Waals surface area contributed by atoms with E-state index in [2.05, 4.69) is 19.3 Å². The minimum Gasteiger partial charge on any atom is -0.300 e. The Labute approximate surface area is 86.0 Å². The van der Waals surface area contributed by atoms with Gasteiger partial charge in [-0.1, -0.05) is 12.5 Å². The van der Waals surface area contributed by atoms with Crippen molar-refractivity contribution < 1.29 is 4.79 Å². The summed E-state index contributed by atoms with van der Waals surface area (Å²) in [5.41, 5.74) is 0. The molecule has 0 atom stereocenters. The molecule has 0 fully saturated rings. The van der Waals surface area contributed by atoms with Gasteiger partial charge in [-0.3, -0.25) is 0 Å². The van der Waals surface area contributed by atoms with Crippen molar-refractivity contribution in [1.82, 2.24) is 0 Å². The standard InChI is InChI=1S/C11H20OS/c1-4-11(13-3)9-7-5-6-8-10(2)12/h4H,5-9H2,1-3H3/b11-4-. The first-order valence-corrected chi connectivity index (χ1v) is 6.11. The highest BCUT2D eigenvalue weighted by molar-refractivity contribution is 8.02. The minimum atomic E-state index is 0.316. The number of Topliss-reactive ketones (excluding diaryl/α,β-unsaturated/α-hetero) is 1. The number of carbonyl (C=O) groups is 1. The Balaban J connectivity index is 3.30. The largest absolute Gasteiger partial charge is 0.300 e. The van der Waals surface area contributed by atoms with Crippen LogP contribution in [0.3, 0.4) is 0 Å². The number of allylic oxidation sites excluding steroid dienone is 2. The number of hydrogen-bond acceptors (Lipinski definition) is 2. The van der Waals surface area contributed by atoms with E-state index in [1.54, 1.807) is 6.92 Å². The molecule has 0 heterocycles. The minimum absolute atomic E-state index is 0.316. The summed E-state index contributed by atoms with van der Waals surface area (Å²) in [5.74, 6) is 0.316. The zero-order chi connectivity index (χ0) is 10.1. The van der Waals surface area contributed by atoms with Crippen LogP contribution < -0.4 is 0 Å². The molecule has 0 aromatic carbocycles. The van der Waals surface area contributed by atoms with Crippen LogP contribution in [-0.4, -0.2) is 12.0 Å². The molecule has 0 bridgehead atoms. The molecule has 0 aliphatic carbocycles. The summed E-state index contributed by atoms with van der Waals surface area (Å²) < 4.78 is 0. The molecular formula is C11H20OS. The molecule has 0 saturated heterocycles. The van der Waals surface area contributed by atoms with Gasteiger partial charge < -0.3 is 4.79 Å². The van der Waals surface area contributed by atoms with Crippen molar-refractivity contribution in [2.24, 2.45) is 0 Å². The summed E-state index contributed by atoms with van der Waals surface area (Å²) in [7, 11) is 0. The summed E-state index contributed by atoms with van der Waals surface area (Å²) >= 11 is 1.83. The van der Waals surface area contributed by atoms with E-state index in [4.69, 9.17) is 0 Å². The number of unbranched alkanes of at least 4 members (excludes halogenated alkanes) is 2. The highest BCUT2D eigenvalue weighted by Gasteiger charge is 1.96. The predicted octanol–water partition coefficient (Wildman–Crippen LogP) is 3.79. The molecule has 1 nitrogen and oxygen atoms in total. The third kappa shape index (κ3) is 8.10. The Morgan fingerprint density at radius 2 is 1.85 bits per heavy atom. The van der Waals surface area contributed by atoms with Gasteiger partial charge in [0.05, 0.1) is 0 Å². The van der Waals surface area contributed by atoms with Crippen LogP contribution in [0.1, 0.15) is 46.0 Å². The molecule has 0 radical (unpaired) electrons. The molecular weight excluding hydrogens is 180 g/mol. The molecule has 0 N–H and O–H groups in total. The second-order valence-corrected chi connectivity index (χ2v) is 4.15. The van der Waals surface area contributed by atoms with E-state index in [1.165, 1.54) is 24.2 Å². The fourth-order valence-electron chi connectivity index (χ4n) is 1.21. The molecule has 0 saturated carbocycles. The Morgan fingerprint density at radius 1 is 1.23 bits per heavy atom. The van der Waals surface area contributed by atoms with Crippen LogP contribution in [0.25, 0.3) is 0 Å². The average Bonchev–Trinajstić information content (AvgIpc) is 2.11. The molecule has 0 spiro atoms. The number of hydrogen-bond donors (Lipinski definition) is 0. The van der Waals surface area contributed by atoms with Crippen LogP contribution in [0.4, 0.5) is 0 Å². The third-order valence-corrected chi connectivity index (χ3v) is 3.00. The molecule has 2 heteroatoms. The molecule has 0 aliphatic rings. The predicted molar refractivity (Wildman–Crippen MR) is 61.0 cm³/mol. The molecule has 0 aliphatic heterocycles. The van der Waals surface area contributed by atoms with Crippen LogP contribution in [0.2, 0.25) is 0 Å². The van der Waals surface area contributed by atoms with Crippen LogP contribution in [-0.2, 0) is 4.79 Å². The van der Waals surface area contributed by atoms with E-state index < -0.39 is 0 Å². The second kappa shape index (κ2) is 8.36. The first-order valence-electron chi connectivity index (χ1n) is 4.89. The van der Waals surface area contributed by atoms with Crippen molar-refractivity contribution in [2.45, 2.75) is 46.0 Å². The lowest BCUT2D eigenvalue weighted by atomic mass is 10.1. The topological polar surface area (TPSA) is 17.1 Å². The normalized spacial score (nSPS) is 11.8. The number of thioether (sulfide) groups is 1. The number of ketones is 1. The van der Waals surface area contributed by atoms with Crippen LogP contribution in [0.15, 0.2) is 11.0 Å². The Morgan fingerprint density at radius 3 is 2.31 bits per heavy atom. The van der Waals surface area contributed by atoms with E-state index in [1.807, 2.05) is 11.8 Å².